The quantitative estimate of drug-likeness (QED) is 0.595. The van der Waals surface area contributed by atoms with E-state index in [0.29, 0.717) is 0 Å². The molecule has 0 saturated heterocycles. The predicted molar refractivity (Wildman–Crippen MR) is 61.6 cm³/mol. The normalized spacial score (nSPS) is 11.6. The summed E-state index contributed by atoms with van der Waals surface area (Å²) in [5, 5.41) is 4.11. The minimum Gasteiger partial charge on any atom is -0.274 e. The van der Waals surface area contributed by atoms with E-state index < -0.39 is 0 Å². The maximum atomic E-state index is 10.8. The van der Waals surface area contributed by atoms with Gasteiger partial charge < -0.3 is 0 Å². The molecule has 1 rings (SSSR count). The second-order valence-corrected chi connectivity index (χ2v) is 3.69. The van der Waals surface area contributed by atoms with Gasteiger partial charge in [0.25, 0.3) is 0 Å². The Morgan fingerprint density at radius 1 is 1.27 bits per heavy atom. The van der Waals surface area contributed by atoms with E-state index >= 15 is 0 Å². The van der Waals surface area contributed by atoms with Crippen molar-refractivity contribution in [1.82, 2.24) is 5.43 Å². The van der Waals surface area contributed by atoms with Crippen LogP contribution in [0, 0.1) is 5.92 Å². The summed E-state index contributed by atoms with van der Waals surface area (Å²) >= 11 is 0. The van der Waals surface area contributed by atoms with E-state index in [1.807, 2.05) is 44.2 Å². The molecule has 3 nitrogen and oxygen atoms in total. The first kappa shape index (κ1) is 11.4. The largest absolute Gasteiger partial charge is 0.274 e. The zero-order chi connectivity index (χ0) is 11.3. The van der Waals surface area contributed by atoms with Crippen LogP contribution in [0.3, 0.4) is 0 Å². The number of rotatable bonds is 3. The van der Waals surface area contributed by atoms with E-state index in [2.05, 4.69) is 10.5 Å². The second kappa shape index (κ2) is 5.29. The van der Waals surface area contributed by atoms with Gasteiger partial charge in [0.2, 0.25) is 5.91 Å². The van der Waals surface area contributed by atoms with Crippen LogP contribution in [0.5, 0.6) is 0 Å². The third-order valence-electron chi connectivity index (χ3n) is 1.95. The standard InChI is InChI=1S/C12H16N2O/c1-9(2)12(14-13-10(3)15)11-7-5-4-6-8-11/h4-9H,1-3H3,(H,13,15)/b14-12+. The number of hydrazone groups is 1. The van der Waals surface area contributed by atoms with Crippen LogP contribution in [-0.2, 0) is 4.79 Å². The number of amides is 1. The Labute approximate surface area is 90.2 Å². The van der Waals surface area contributed by atoms with Gasteiger partial charge in [-0.3, -0.25) is 4.79 Å². The summed E-state index contributed by atoms with van der Waals surface area (Å²) in [7, 11) is 0. The second-order valence-electron chi connectivity index (χ2n) is 3.69. The average Bonchev–Trinajstić information content (AvgIpc) is 2.18. The highest BCUT2D eigenvalue weighted by Gasteiger charge is 2.07. The SMILES string of the molecule is CC(=O)N/N=C(/c1ccccc1)C(C)C. The van der Waals surface area contributed by atoms with Crippen molar-refractivity contribution in [1.29, 1.82) is 0 Å². The van der Waals surface area contributed by atoms with Gasteiger partial charge in [0.1, 0.15) is 0 Å². The van der Waals surface area contributed by atoms with Crippen LogP contribution in [0.1, 0.15) is 26.3 Å². The molecule has 0 radical (unpaired) electrons. The minimum atomic E-state index is -0.149. The van der Waals surface area contributed by atoms with Gasteiger partial charge in [0, 0.05) is 6.92 Å². The van der Waals surface area contributed by atoms with Crippen LogP contribution < -0.4 is 5.43 Å². The van der Waals surface area contributed by atoms with Gasteiger partial charge in [-0.25, -0.2) is 5.43 Å². The molecule has 3 heteroatoms. The Kier molecular flexibility index (Phi) is 4.03. The molecule has 0 aliphatic carbocycles. The monoisotopic (exact) mass is 204 g/mol. The van der Waals surface area contributed by atoms with E-state index in [0.717, 1.165) is 11.3 Å². The van der Waals surface area contributed by atoms with Gasteiger partial charge in [-0.05, 0) is 11.5 Å². The highest BCUT2D eigenvalue weighted by Crippen LogP contribution is 2.08. The molecule has 0 aliphatic heterocycles. The third-order valence-corrected chi connectivity index (χ3v) is 1.95. The molecule has 1 amide bonds. The molecule has 0 bridgehead atoms. The summed E-state index contributed by atoms with van der Waals surface area (Å²) in [5.41, 5.74) is 4.41. The molecule has 1 aromatic carbocycles. The van der Waals surface area contributed by atoms with Crippen LogP contribution in [0.2, 0.25) is 0 Å². The van der Waals surface area contributed by atoms with Crippen LogP contribution in [0.15, 0.2) is 35.4 Å². The lowest BCUT2D eigenvalue weighted by Gasteiger charge is -2.09. The van der Waals surface area contributed by atoms with Gasteiger partial charge >= 0.3 is 0 Å². The van der Waals surface area contributed by atoms with Crippen LogP contribution in [-0.4, -0.2) is 11.6 Å². The average molecular weight is 204 g/mol. The van der Waals surface area contributed by atoms with E-state index in [1.165, 1.54) is 6.92 Å². The van der Waals surface area contributed by atoms with Crippen LogP contribution >= 0.6 is 0 Å². The summed E-state index contributed by atoms with van der Waals surface area (Å²) < 4.78 is 0. The fourth-order valence-corrected chi connectivity index (χ4v) is 1.27. The number of carbonyl (C=O) groups excluding carboxylic acids is 1. The van der Waals surface area contributed by atoms with Crippen LogP contribution in [0.25, 0.3) is 0 Å². The van der Waals surface area contributed by atoms with Crippen LogP contribution in [0.4, 0.5) is 0 Å². The lowest BCUT2D eigenvalue weighted by molar-refractivity contribution is -0.118. The molecule has 0 unspecified atom stereocenters. The number of nitrogens with zero attached hydrogens (tertiary/aromatic N) is 1. The molecule has 1 N–H and O–H groups in total. The van der Waals surface area contributed by atoms with Crippen molar-refractivity contribution in [2.75, 3.05) is 0 Å². The van der Waals surface area contributed by atoms with E-state index in [4.69, 9.17) is 0 Å². The smallest absolute Gasteiger partial charge is 0.236 e. The molecule has 0 aliphatic rings. The van der Waals surface area contributed by atoms with E-state index in [1.54, 1.807) is 0 Å². The van der Waals surface area contributed by atoms with Gasteiger partial charge in [-0.2, -0.15) is 5.10 Å². The molecule has 0 saturated carbocycles. The van der Waals surface area contributed by atoms with Gasteiger partial charge in [-0.1, -0.05) is 44.2 Å². The lowest BCUT2D eigenvalue weighted by atomic mass is 10.0. The summed E-state index contributed by atoms with van der Waals surface area (Å²) in [6, 6.07) is 9.85. The fraction of sp³-hybridized carbons (Fsp3) is 0.333. The first-order valence-electron chi connectivity index (χ1n) is 5.01. The molecule has 1 aromatic rings. The Hall–Kier alpha value is -1.64. The van der Waals surface area contributed by atoms with Crippen molar-refractivity contribution >= 4 is 11.6 Å². The number of nitrogens with one attached hydrogen (secondary N) is 1. The summed E-state index contributed by atoms with van der Waals surface area (Å²) in [4.78, 5) is 10.8. The minimum absolute atomic E-state index is 0.149. The summed E-state index contributed by atoms with van der Waals surface area (Å²) in [6.07, 6.45) is 0. The Balaban J connectivity index is 2.93. The topological polar surface area (TPSA) is 41.5 Å². The Bertz CT molecular complexity index is 355. The maximum Gasteiger partial charge on any atom is 0.236 e. The number of benzene rings is 1. The van der Waals surface area contributed by atoms with Crippen molar-refractivity contribution < 1.29 is 4.79 Å². The summed E-state index contributed by atoms with van der Waals surface area (Å²) in [6.45, 7) is 5.55. The molecular weight excluding hydrogens is 188 g/mol. The Morgan fingerprint density at radius 2 is 1.87 bits per heavy atom. The number of hydrogen-bond acceptors (Lipinski definition) is 2. The zero-order valence-electron chi connectivity index (χ0n) is 9.32. The van der Waals surface area contributed by atoms with Crippen molar-refractivity contribution in [3.8, 4) is 0 Å². The van der Waals surface area contributed by atoms with Gasteiger partial charge in [0.05, 0.1) is 5.71 Å². The van der Waals surface area contributed by atoms with Gasteiger partial charge in [0.15, 0.2) is 0 Å². The number of hydrogen-bond donors (Lipinski definition) is 1. The highest BCUT2D eigenvalue weighted by atomic mass is 16.2. The fourth-order valence-electron chi connectivity index (χ4n) is 1.27. The molecule has 0 aromatic heterocycles. The van der Waals surface area contributed by atoms with Crippen molar-refractivity contribution in [2.24, 2.45) is 11.0 Å². The first-order valence-corrected chi connectivity index (χ1v) is 5.01. The van der Waals surface area contributed by atoms with E-state index in [9.17, 15) is 4.79 Å². The third kappa shape index (κ3) is 3.54. The van der Waals surface area contributed by atoms with Crippen molar-refractivity contribution in [3.05, 3.63) is 35.9 Å². The molecule has 0 heterocycles. The van der Waals surface area contributed by atoms with Gasteiger partial charge in [-0.15, -0.1) is 0 Å². The lowest BCUT2D eigenvalue weighted by Crippen LogP contribution is -2.19. The maximum absolute atomic E-state index is 10.8. The zero-order valence-corrected chi connectivity index (χ0v) is 9.32. The Morgan fingerprint density at radius 3 is 2.33 bits per heavy atom. The first-order chi connectivity index (χ1) is 7.11. The summed E-state index contributed by atoms with van der Waals surface area (Å²) in [5.74, 6) is 0.128. The molecule has 0 spiro atoms. The molecule has 80 valence electrons. The number of carbonyl (C=O) groups is 1. The van der Waals surface area contributed by atoms with Crippen molar-refractivity contribution in [3.63, 3.8) is 0 Å². The highest BCUT2D eigenvalue weighted by molar-refractivity contribution is 6.02. The van der Waals surface area contributed by atoms with Crippen molar-refractivity contribution in [2.45, 2.75) is 20.8 Å². The molecular formula is C12H16N2O. The molecule has 15 heavy (non-hydrogen) atoms. The molecule has 0 fully saturated rings. The predicted octanol–water partition coefficient (Wildman–Crippen LogP) is 2.18. The molecule has 0 atom stereocenters. The van der Waals surface area contributed by atoms with E-state index in [-0.39, 0.29) is 11.8 Å².